The van der Waals surface area contributed by atoms with Crippen molar-refractivity contribution in [2.45, 2.75) is 0 Å². The van der Waals surface area contributed by atoms with Crippen molar-refractivity contribution in [1.82, 2.24) is 0 Å². The second kappa shape index (κ2) is 1.38. The molecule has 1 heterocycles. The molecule has 0 N–H and O–H groups in total. The maximum Gasteiger partial charge on any atom is 0.300 e. The molecule has 0 bridgehead atoms. The summed E-state index contributed by atoms with van der Waals surface area (Å²) in [5, 5.41) is 0.903. The van der Waals surface area contributed by atoms with Crippen molar-refractivity contribution in [2.75, 3.05) is 5.88 Å². The lowest BCUT2D eigenvalue weighted by atomic mass is 11.0. The number of nitroso groups, excluding NO2 is 1. The SMILES string of the molecule is O=[N+]1C=CS(=O)(=O)C1. The van der Waals surface area contributed by atoms with Crippen LogP contribution >= 0.6 is 0 Å². The van der Waals surface area contributed by atoms with Crippen LogP contribution in [0.15, 0.2) is 11.6 Å². The van der Waals surface area contributed by atoms with Crippen LogP contribution in [0.1, 0.15) is 0 Å². The Hall–Kier alpha value is -0.710. The molecule has 0 amide bonds. The van der Waals surface area contributed by atoms with Crippen LogP contribution in [-0.2, 0) is 9.84 Å². The number of hydrogen-bond acceptors (Lipinski definition) is 3. The summed E-state index contributed by atoms with van der Waals surface area (Å²) >= 11 is 0. The van der Waals surface area contributed by atoms with Crippen molar-refractivity contribution in [2.24, 2.45) is 0 Å². The first kappa shape index (κ1) is 5.43. The Labute approximate surface area is 46.3 Å². The Kier molecular flexibility index (Phi) is 0.937. The van der Waals surface area contributed by atoms with E-state index in [1.54, 1.807) is 0 Å². The second-order valence-corrected chi connectivity index (χ2v) is 3.35. The molecule has 5 heteroatoms. The first-order chi connectivity index (χ1) is 3.60. The summed E-state index contributed by atoms with van der Waals surface area (Å²) in [4.78, 5) is 10.1. The maximum absolute atomic E-state index is 10.3. The zero-order valence-corrected chi connectivity index (χ0v) is 4.76. The highest BCUT2D eigenvalue weighted by atomic mass is 32.2. The van der Waals surface area contributed by atoms with Crippen LogP contribution in [0.4, 0.5) is 0 Å². The molecule has 1 aliphatic rings. The van der Waals surface area contributed by atoms with Gasteiger partial charge in [-0.1, -0.05) is 0 Å². The normalized spacial score (nSPS) is 24.2. The van der Waals surface area contributed by atoms with E-state index in [1.807, 2.05) is 0 Å². The molecule has 44 valence electrons. The number of sulfone groups is 1. The van der Waals surface area contributed by atoms with Crippen molar-refractivity contribution in [3.05, 3.63) is 16.5 Å². The zero-order valence-electron chi connectivity index (χ0n) is 3.94. The van der Waals surface area contributed by atoms with Gasteiger partial charge in [-0.15, -0.1) is 0 Å². The molecule has 0 aromatic heterocycles. The molecule has 1 aliphatic heterocycles. The van der Waals surface area contributed by atoms with Crippen molar-refractivity contribution < 1.29 is 13.2 Å². The molecule has 4 nitrogen and oxygen atoms in total. The summed E-state index contributed by atoms with van der Waals surface area (Å²) in [5.74, 6) is -0.424. The minimum Gasteiger partial charge on any atom is -0.217 e. The third kappa shape index (κ3) is 0.919. The molecule has 0 atom stereocenters. The summed E-state index contributed by atoms with van der Waals surface area (Å²) in [6.45, 7) is 0. The van der Waals surface area contributed by atoms with Gasteiger partial charge in [-0.3, -0.25) is 0 Å². The van der Waals surface area contributed by atoms with E-state index in [4.69, 9.17) is 0 Å². The summed E-state index contributed by atoms with van der Waals surface area (Å²) in [5.41, 5.74) is 0. The second-order valence-electron chi connectivity index (χ2n) is 1.49. The molecule has 0 radical (unpaired) electrons. The van der Waals surface area contributed by atoms with E-state index in [0.717, 1.165) is 11.6 Å². The number of nitrogens with zero attached hydrogens (tertiary/aromatic N) is 1. The highest BCUT2D eigenvalue weighted by Gasteiger charge is 2.25. The maximum atomic E-state index is 10.3. The Morgan fingerprint density at radius 3 is 2.25 bits per heavy atom. The summed E-state index contributed by atoms with van der Waals surface area (Å²) in [6, 6.07) is 0. The molecular weight excluding hydrogens is 130 g/mol. The van der Waals surface area contributed by atoms with Crippen LogP contribution in [0.5, 0.6) is 0 Å². The highest BCUT2D eigenvalue weighted by Crippen LogP contribution is 2.00. The van der Waals surface area contributed by atoms with Gasteiger partial charge in [0.2, 0.25) is 16.0 Å². The molecule has 0 aliphatic carbocycles. The fourth-order valence-corrected chi connectivity index (χ4v) is 1.27. The van der Waals surface area contributed by atoms with Crippen LogP contribution in [0.2, 0.25) is 0 Å². The van der Waals surface area contributed by atoms with Gasteiger partial charge in [0.05, 0.1) is 0 Å². The largest absolute Gasteiger partial charge is 0.300 e. The minimum atomic E-state index is -3.16. The molecule has 1 rings (SSSR count). The Balaban J connectivity index is 3.06. The van der Waals surface area contributed by atoms with Gasteiger partial charge in [-0.2, -0.15) is 0 Å². The van der Waals surface area contributed by atoms with Gasteiger partial charge >= 0.3 is 0 Å². The summed E-state index contributed by atoms with van der Waals surface area (Å²) in [6.07, 6.45) is 0.995. The predicted molar refractivity (Wildman–Crippen MR) is 26.6 cm³/mol. The summed E-state index contributed by atoms with van der Waals surface area (Å²) in [7, 11) is -3.16. The fourth-order valence-electron chi connectivity index (χ4n) is 0.424. The van der Waals surface area contributed by atoms with Crippen LogP contribution in [0.3, 0.4) is 0 Å². The third-order valence-electron chi connectivity index (χ3n) is 0.742. The number of rotatable bonds is 0. The summed E-state index contributed by atoms with van der Waals surface area (Å²) < 4.78 is 21.0. The van der Waals surface area contributed by atoms with Crippen LogP contribution in [0.25, 0.3) is 0 Å². The van der Waals surface area contributed by atoms with Crippen LogP contribution < -0.4 is 0 Å². The first-order valence-electron chi connectivity index (χ1n) is 1.95. The zero-order chi connectivity index (χ0) is 6.20. The van der Waals surface area contributed by atoms with Crippen molar-refractivity contribution in [1.29, 1.82) is 0 Å². The molecule has 0 fully saturated rings. The van der Waals surface area contributed by atoms with Gasteiger partial charge in [-0.25, -0.2) is 8.42 Å². The monoisotopic (exact) mass is 134 g/mol. The molecule has 0 saturated heterocycles. The van der Waals surface area contributed by atoms with Gasteiger partial charge < -0.3 is 0 Å². The Morgan fingerprint density at radius 2 is 2.12 bits per heavy atom. The lowest BCUT2D eigenvalue weighted by Crippen LogP contribution is -2.03. The smallest absolute Gasteiger partial charge is 0.217 e. The van der Waals surface area contributed by atoms with Gasteiger partial charge in [0, 0.05) is 9.67 Å². The Bertz CT molecular complexity index is 237. The van der Waals surface area contributed by atoms with Gasteiger partial charge in [0.1, 0.15) is 5.41 Å². The topological polar surface area (TPSA) is 54.2 Å². The lowest BCUT2D eigenvalue weighted by Gasteiger charge is -1.72. The quantitative estimate of drug-likeness (QED) is 0.424. The number of hydrogen-bond donors (Lipinski definition) is 0. The highest BCUT2D eigenvalue weighted by molar-refractivity contribution is 7.94. The molecule has 0 unspecified atom stereocenters. The fraction of sp³-hybridized carbons (Fsp3) is 0.333. The standard InChI is InChI=1S/C3H4NO3S/c5-4-1-2-8(6,7)3-4/h1-2H,3H2/q+1. The molecule has 0 aromatic rings. The molecular formula is C3H4NO3S+. The van der Waals surface area contributed by atoms with E-state index in [-0.39, 0.29) is 0 Å². The molecule has 0 aromatic carbocycles. The predicted octanol–water partition coefficient (Wildman–Crippen LogP) is -0.378. The van der Waals surface area contributed by atoms with E-state index in [0.29, 0.717) is 4.76 Å². The molecule has 0 spiro atoms. The average Bonchev–Trinajstić information content (AvgIpc) is 1.82. The molecule has 0 saturated carbocycles. The lowest BCUT2D eigenvalue weighted by molar-refractivity contribution is -0.453. The van der Waals surface area contributed by atoms with Crippen molar-refractivity contribution in [3.8, 4) is 0 Å². The van der Waals surface area contributed by atoms with Crippen LogP contribution in [0, 0.1) is 4.91 Å². The van der Waals surface area contributed by atoms with Gasteiger partial charge in [-0.05, 0) is 0 Å². The third-order valence-corrected chi connectivity index (χ3v) is 1.89. The van der Waals surface area contributed by atoms with Crippen LogP contribution in [-0.4, -0.2) is 19.1 Å². The first-order valence-corrected chi connectivity index (χ1v) is 3.66. The van der Waals surface area contributed by atoms with E-state index in [1.165, 1.54) is 0 Å². The van der Waals surface area contributed by atoms with Gasteiger partial charge in [0.25, 0.3) is 5.88 Å². The van der Waals surface area contributed by atoms with Gasteiger partial charge in [0.15, 0.2) is 0 Å². The van der Waals surface area contributed by atoms with E-state index in [2.05, 4.69) is 0 Å². The van der Waals surface area contributed by atoms with Crippen molar-refractivity contribution in [3.63, 3.8) is 0 Å². The van der Waals surface area contributed by atoms with E-state index >= 15 is 0 Å². The minimum absolute atomic E-state index is 0.370. The molecule has 8 heavy (non-hydrogen) atoms. The van der Waals surface area contributed by atoms with Crippen molar-refractivity contribution >= 4 is 9.84 Å². The Morgan fingerprint density at radius 1 is 1.50 bits per heavy atom. The van der Waals surface area contributed by atoms with E-state index < -0.39 is 15.7 Å². The average molecular weight is 134 g/mol. The van der Waals surface area contributed by atoms with E-state index in [9.17, 15) is 13.3 Å².